The van der Waals surface area contributed by atoms with Gasteiger partial charge in [0.1, 0.15) is 6.10 Å². The summed E-state index contributed by atoms with van der Waals surface area (Å²) >= 11 is 0. The van der Waals surface area contributed by atoms with Gasteiger partial charge in [0.05, 0.1) is 0 Å². The Morgan fingerprint density at radius 3 is 1.50 bits per heavy atom. The highest BCUT2D eigenvalue weighted by atomic mass is 31.2. The van der Waals surface area contributed by atoms with Gasteiger partial charge in [-0.1, -0.05) is 59.7 Å². The van der Waals surface area contributed by atoms with Crippen molar-refractivity contribution >= 4 is 7.82 Å². The van der Waals surface area contributed by atoms with Crippen LogP contribution in [0.25, 0.3) is 0 Å². The third-order valence-corrected chi connectivity index (χ3v) is 3.49. The van der Waals surface area contributed by atoms with Gasteiger partial charge < -0.3 is 9.79 Å². The van der Waals surface area contributed by atoms with Crippen LogP contribution >= 0.6 is 7.82 Å². The Hall–Kier alpha value is -1.45. The minimum atomic E-state index is -4.58. The summed E-state index contributed by atoms with van der Waals surface area (Å²) in [5.41, 5.74) is 3.57. The Balaban J connectivity index is 2.41. The summed E-state index contributed by atoms with van der Waals surface area (Å²) in [6.45, 7) is 3.91. The molecule has 0 heterocycles. The van der Waals surface area contributed by atoms with Crippen molar-refractivity contribution in [2.45, 2.75) is 20.0 Å². The molecule has 20 heavy (non-hydrogen) atoms. The minimum Gasteiger partial charge on any atom is -0.303 e. The molecule has 5 heteroatoms. The van der Waals surface area contributed by atoms with Crippen LogP contribution < -0.4 is 0 Å². The van der Waals surface area contributed by atoms with Crippen molar-refractivity contribution < 1.29 is 18.9 Å². The largest absolute Gasteiger partial charge is 0.470 e. The molecule has 0 saturated carbocycles. The van der Waals surface area contributed by atoms with E-state index < -0.39 is 13.9 Å². The highest BCUT2D eigenvalue weighted by Crippen LogP contribution is 2.44. The van der Waals surface area contributed by atoms with Crippen LogP contribution in [0.2, 0.25) is 0 Å². The summed E-state index contributed by atoms with van der Waals surface area (Å²) in [5, 5.41) is 0. The second kappa shape index (κ2) is 5.90. The normalized spacial score (nSPS) is 11.8. The molecule has 106 valence electrons. The van der Waals surface area contributed by atoms with E-state index in [0.29, 0.717) is 11.1 Å². The lowest BCUT2D eigenvalue weighted by Crippen LogP contribution is -2.05. The van der Waals surface area contributed by atoms with E-state index in [4.69, 9.17) is 14.3 Å². The van der Waals surface area contributed by atoms with Gasteiger partial charge in [-0.15, -0.1) is 0 Å². The molecule has 2 aromatic carbocycles. The molecule has 2 rings (SSSR count). The van der Waals surface area contributed by atoms with E-state index in [9.17, 15) is 4.57 Å². The average Bonchev–Trinajstić information content (AvgIpc) is 2.37. The topological polar surface area (TPSA) is 66.8 Å². The molecule has 0 fully saturated rings. The maximum absolute atomic E-state index is 11.2. The van der Waals surface area contributed by atoms with Gasteiger partial charge >= 0.3 is 7.82 Å². The third kappa shape index (κ3) is 4.02. The molecule has 0 saturated heterocycles. The number of aryl methyl sites for hydroxylation is 2. The van der Waals surface area contributed by atoms with Gasteiger partial charge in [0.25, 0.3) is 0 Å². The second-order valence-electron chi connectivity index (χ2n) is 4.80. The zero-order chi connectivity index (χ0) is 14.8. The van der Waals surface area contributed by atoms with Crippen molar-refractivity contribution in [3.63, 3.8) is 0 Å². The summed E-state index contributed by atoms with van der Waals surface area (Å²) in [6, 6.07) is 14.8. The lowest BCUT2D eigenvalue weighted by Gasteiger charge is -2.19. The van der Waals surface area contributed by atoms with Crippen molar-refractivity contribution in [1.29, 1.82) is 0 Å². The molecule has 2 aromatic rings. The molecule has 0 amide bonds. The average molecular weight is 292 g/mol. The Bertz CT molecular complexity index is 568. The zero-order valence-corrected chi connectivity index (χ0v) is 12.2. The van der Waals surface area contributed by atoms with Crippen LogP contribution in [0.1, 0.15) is 28.4 Å². The van der Waals surface area contributed by atoms with Gasteiger partial charge in [-0.3, -0.25) is 4.52 Å². The number of rotatable bonds is 4. The summed E-state index contributed by atoms with van der Waals surface area (Å²) in [5.74, 6) is 0. The van der Waals surface area contributed by atoms with E-state index in [1.54, 1.807) is 0 Å². The van der Waals surface area contributed by atoms with Crippen LogP contribution in [0.5, 0.6) is 0 Å². The SMILES string of the molecule is Cc1ccc(C(OP(=O)(O)O)c2ccc(C)cc2)cc1. The first-order chi connectivity index (χ1) is 9.35. The van der Waals surface area contributed by atoms with Crippen LogP contribution in [-0.2, 0) is 9.09 Å². The number of benzene rings is 2. The fourth-order valence-electron chi connectivity index (χ4n) is 1.93. The van der Waals surface area contributed by atoms with Gasteiger partial charge in [-0.2, -0.15) is 0 Å². The van der Waals surface area contributed by atoms with E-state index in [-0.39, 0.29) is 0 Å². The van der Waals surface area contributed by atoms with E-state index >= 15 is 0 Å². The maximum atomic E-state index is 11.2. The van der Waals surface area contributed by atoms with Crippen LogP contribution in [0.15, 0.2) is 48.5 Å². The van der Waals surface area contributed by atoms with E-state index in [2.05, 4.69) is 0 Å². The van der Waals surface area contributed by atoms with Gasteiger partial charge in [0.2, 0.25) is 0 Å². The first-order valence-corrected chi connectivity index (χ1v) is 7.75. The van der Waals surface area contributed by atoms with Crippen LogP contribution in [-0.4, -0.2) is 9.79 Å². The molecule has 0 aliphatic heterocycles. The van der Waals surface area contributed by atoms with Crippen molar-refractivity contribution in [2.24, 2.45) is 0 Å². The molecular formula is C15H17O4P. The fraction of sp³-hybridized carbons (Fsp3) is 0.200. The maximum Gasteiger partial charge on any atom is 0.470 e. The van der Waals surface area contributed by atoms with Crippen LogP contribution in [0.3, 0.4) is 0 Å². The van der Waals surface area contributed by atoms with E-state index in [1.807, 2.05) is 62.4 Å². The minimum absolute atomic E-state index is 0.711. The third-order valence-electron chi connectivity index (χ3n) is 3.00. The standard InChI is InChI=1S/C15H17O4P/c1-11-3-7-13(8-4-11)15(19-20(16,17)18)14-9-5-12(2)6-10-14/h3-10,15H,1-2H3,(H2,16,17,18). The molecule has 0 radical (unpaired) electrons. The van der Waals surface area contributed by atoms with Crippen molar-refractivity contribution in [1.82, 2.24) is 0 Å². The first-order valence-electron chi connectivity index (χ1n) is 6.22. The van der Waals surface area contributed by atoms with Crippen LogP contribution in [0, 0.1) is 13.8 Å². The van der Waals surface area contributed by atoms with Crippen molar-refractivity contribution in [2.75, 3.05) is 0 Å². The second-order valence-corrected chi connectivity index (χ2v) is 5.99. The summed E-state index contributed by atoms with van der Waals surface area (Å²) in [7, 11) is -4.58. The molecule has 0 aromatic heterocycles. The number of phosphoric ester groups is 1. The van der Waals surface area contributed by atoms with E-state index in [1.165, 1.54) is 0 Å². The molecule has 2 N–H and O–H groups in total. The highest BCUT2D eigenvalue weighted by molar-refractivity contribution is 7.46. The zero-order valence-electron chi connectivity index (χ0n) is 11.4. The first kappa shape index (κ1) is 14.9. The van der Waals surface area contributed by atoms with Crippen molar-refractivity contribution in [3.05, 3.63) is 70.8 Å². The molecule has 0 aliphatic carbocycles. The Labute approximate surface area is 118 Å². The quantitative estimate of drug-likeness (QED) is 0.846. The van der Waals surface area contributed by atoms with Gasteiger partial charge in [0, 0.05) is 0 Å². The fourth-order valence-corrected chi connectivity index (χ4v) is 2.45. The van der Waals surface area contributed by atoms with Gasteiger partial charge in [-0.25, -0.2) is 4.57 Å². The van der Waals surface area contributed by atoms with E-state index in [0.717, 1.165) is 11.1 Å². The highest BCUT2D eigenvalue weighted by Gasteiger charge is 2.25. The number of hydrogen-bond donors (Lipinski definition) is 2. The molecule has 0 spiro atoms. The van der Waals surface area contributed by atoms with Crippen LogP contribution in [0.4, 0.5) is 0 Å². The molecule has 0 aliphatic rings. The van der Waals surface area contributed by atoms with Gasteiger partial charge in [-0.05, 0) is 25.0 Å². The number of phosphoric acid groups is 1. The molecule has 0 atom stereocenters. The van der Waals surface area contributed by atoms with Gasteiger partial charge in [0.15, 0.2) is 0 Å². The Morgan fingerprint density at radius 2 is 1.20 bits per heavy atom. The predicted molar refractivity (Wildman–Crippen MR) is 77.3 cm³/mol. The lowest BCUT2D eigenvalue weighted by molar-refractivity contribution is 0.158. The monoisotopic (exact) mass is 292 g/mol. The molecule has 4 nitrogen and oxygen atoms in total. The molecule has 0 bridgehead atoms. The molecule has 0 unspecified atom stereocenters. The summed E-state index contributed by atoms with van der Waals surface area (Å²) < 4.78 is 16.2. The molecular weight excluding hydrogens is 275 g/mol. The smallest absolute Gasteiger partial charge is 0.303 e. The Kier molecular flexibility index (Phi) is 4.41. The summed E-state index contributed by atoms with van der Waals surface area (Å²) in [6.07, 6.45) is -0.781. The lowest BCUT2D eigenvalue weighted by atomic mass is 10.00. The summed E-state index contributed by atoms with van der Waals surface area (Å²) in [4.78, 5) is 18.2. The predicted octanol–water partition coefficient (Wildman–Crippen LogP) is 3.50. The Morgan fingerprint density at radius 1 is 0.850 bits per heavy atom. The number of hydrogen-bond acceptors (Lipinski definition) is 2. The van der Waals surface area contributed by atoms with Crippen molar-refractivity contribution in [3.8, 4) is 0 Å².